The number of benzene rings is 2. The van der Waals surface area contributed by atoms with Gasteiger partial charge in [-0.1, -0.05) is 23.2 Å². The van der Waals surface area contributed by atoms with Gasteiger partial charge in [0, 0.05) is 96.9 Å². The smallest absolute Gasteiger partial charge is 0.368 e. The summed E-state index contributed by atoms with van der Waals surface area (Å²) >= 11 is 12.3. The molecule has 13 heteroatoms. The number of piperazine rings is 2. The van der Waals surface area contributed by atoms with Gasteiger partial charge in [-0.05, 0) is 68.0 Å². The van der Waals surface area contributed by atoms with Gasteiger partial charge in [-0.15, -0.1) is 0 Å². The van der Waals surface area contributed by atoms with E-state index in [2.05, 4.69) is 53.8 Å². The second kappa shape index (κ2) is 13.7. The van der Waals surface area contributed by atoms with Gasteiger partial charge in [0.2, 0.25) is 0 Å². The Morgan fingerprint density at radius 2 is 1.02 bits per heavy atom. The van der Waals surface area contributed by atoms with Crippen LogP contribution in [0.15, 0.2) is 60.9 Å². The van der Waals surface area contributed by atoms with Gasteiger partial charge in [-0.3, -0.25) is 28.9 Å². The van der Waals surface area contributed by atoms with Gasteiger partial charge in [0.1, 0.15) is 0 Å². The van der Waals surface area contributed by atoms with Crippen LogP contribution in [0.3, 0.4) is 0 Å². The molecule has 0 spiro atoms. The first-order valence-electron chi connectivity index (χ1n) is 13.9. The number of fused-ring (bicyclic) bond motifs is 2. The van der Waals surface area contributed by atoms with E-state index in [0.29, 0.717) is 0 Å². The van der Waals surface area contributed by atoms with Crippen LogP contribution >= 0.6 is 23.2 Å². The summed E-state index contributed by atoms with van der Waals surface area (Å²) in [5.74, 6) is 0. The summed E-state index contributed by atoms with van der Waals surface area (Å²) in [6.07, 6.45) is 5.01. The zero-order chi connectivity index (χ0) is 29.7. The number of nitrogens with zero attached hydrogens (tertiary/aromatic N) is 6. The van der Waals surface area contributed by atoms with Crippen molar-refractivity contribution in [2.75, 3.05) is 75.2 Å². The van der Waals surface area contributed by atoms with Crippen molar-refractivity contribution < 1.29 is 17.5 Å². The van der Waals surface area contributed by atoms with Crippen molar-refractivity contribution in [3.8, 4) is 0 Å². The molecule has 2 saturated heterocycles. The molecule has 0 bridgehead atoms. The lowest BCUT2D eigenvalue weighted by molar-refractivity contribution is 0.213. The highest BCUT2D eigenvalue weighted by atomic mass is 35.5. The lowest BCUT2D eigenvalue weighted by atomic mass is 10.1. The lowest BCUT2D eigenvalue weighted by Gasteiger charge is -2.38. The van der Waals surface area contributed by atoms with E-state index < -0.39 is 10.4 Å². The molecule has 0 unspecified atom stereocenters. The zero-order valence-electron chi connectivity index (χ0n) is 23.1. The summed E-state index contributed by atoms with van der Waals surface area (Å²) in [4.78, 5) is 19.2. The molecular weight excluding hydrogens is 599 g/mol. The van der Waals surface area contributed by atoms with Crippen LogP contribution in [0.5, 0.6) is 0 Å². The molecule has 2 fully saturated rings. The van der Waals surface area contributed by atoms with Gasteiger partial charge in [-0.25, -0.2) is 0 Å². The average Bonchev–Trinajstić information content (AvgIpc) is 2.96. The SMILES string of the molecule is Clc1ccc2c(N3CCN(CCCN4CCN(c5ccnc6cc(Cl)ccc56)CC4)CC3)ccnc2c1.O=S(=O)(O)O. The number of halogens is 2. The van der Waals surface area contributed by atoms with Crippen molar-refractivity contribution in [2.45, 2.75) is 6.42 Å². The fraction of sp³-hybridized carbons (Fsp3) is 0.379. The monoisotopic (exact) mass is 632 g/mol. The molecule has 6 rings (SSSR count). The van der Waals surface area contributed by atoms with E-state index in [9.17, 15) is 0 Å². The molecule has 2 aliphatic heterocycles. The molecule has 2 aromatic heterocycles. The van der Waals surface area contributed by atoms with Gasteiger partial charge < -0.3 is 9.80 Å². The topological polar surface area (TPSA) is 113 Å². The third kappa shape index (κ3) is 8.19. The first-order chi connectivity index (χ1) is 20.1. The van der Waals surface area contributed by atoms with Crippen LogP contribution in [0.2, 0.25) is 10.0 Å². The molecule has 0 aliphatic carbocycles. The van der Waals surface area contributed by atoms with Crippen molar-refractivity contribution >= 4 is 66.8 Å². The highest BCUT2D eigenvalue weighted by molar-refractivity contribution is 7.79. The Morgan fingerprint density at radius 1 is 0.643 bits per heavy atom. The van der Waals surface area contributed by atoms with Crippen LogP contribution in [0.25, 0.3) is 21.8 Å². The Morgan fingerprint density at radius 3 is 1.40 bits per heavy atom. The molecule has 0 radical (unpaired) electrons. The maximum atomic E-state index is 8.74. The molecule has 10 nitrogen and oxygen atoms in total. The predicted molar refractivity (Wildman–Crippen MR) is 170 cm³/mol. The summed E-state index contributed by atoms with van der Waals surface area (Å²) in [6.45, 7) is 10.9. The average molecular weight is 634 g/mol. The number of rotatable bonds is 6. The second-order valence-corrected chi connectivity index (χ2v) is 12.2. The number of aromatic nitrogens is 2. The minimum absolute atomic E-state index is 0.736. The highest BCUT2D eigenvalue weighted by Gasteiger charge is 2.21. The lowest BCUT2D eigenvalue weighted by Crippen LogP contribution is -2.48. The number of pyridine rings is 2. The Balaban J connectivity index is 0.000000652. The highest BCUT2D eigenvalue weighted by Crippen LogP contribution is 2.29. The Kier molecular flexibility index (Phi) is 10.00. The van der Waals surface area contributed by atoms with Crippen LogP contribution in [-0.4, -0.2) is 103 Å². The van der Waals surface area contributed by atoms with Crippen LogP contribution in [0.4, 0.5) is 11.4 Å². The largest absolute Gasteiger partial charge is 0.394 e. The zero-order valence-corrected chi connectivity index (χ0v) is 25.4. The Bertz CT molecular complexity index is 1510. The molecule has 0 saturated carbocycles. The van der Waals surface area contributed by atoms with E-state index in [1.807, 2.05) is 36.7 Å². The normalized spacial score (nSPS) is 17.0. The van der Waals surface area contributed by atoms with Gasteiger partial charge >= 0.3 is 10.4 Å². The predicted octanol–water partition coefficient (Wildman–Crippen LogP) is 4.77. The first kappa shape index (κ1) is 30.7. The Hall–Kier alpha value is -2.77. The third-order valence-corrected chi connectivity index (χ3v) is 8.21. The van der Waals surface area contributed by atoms with Gasteiger partial charge in [0.25, 0.3) is 0 Å². The molecule has 2 aromatic carbocycles. The fourth-order valence-electron chi connectivity index (χ4n) is 5.71. The van der Waals surface area contributed by atoms with E-state index in [1.165, 1.54) is 28.6 Å². The van der Waals surface area contributed by atoms with E-state index in [-0.39, 0.29) is 0 Å². The summed E-state index contributed by atoms with van der Waals surface area (Å²) in [7, 11) is -4.67. The van der Waals surface area contributed by atoms with Crippen molar-refractivity contribution in [3.05, 3.63) is 71.0 Å². The molecule has 42 heavy (non-hydrogen) atoms. The fourth-order valence-corrected chi connectivity index (χ4v) is 6.04. The van der Waals surface area contributed by atoms with Crippen LogP contribution in [0.1, 0.15) is 6.42 Å². The molecule has 4 heterocycles. The van der Waals surface area contributed by atoms with Crippen molar-refractivity contribution in [2.24, 2.45) is 0 Å². The molecular formula is C29H34Cl2N6O4S. The van der Waals surface area contributed by atoms with Crippen LogP contribution in [-0.2, 0) is 10.4 Å². The van der Waals surface area contributed by atoms with E-state index in [4.69, 9.17) is 40.7 Å². The molecule has 224 valence electrons. The van der Waals surface area contributed by atoms with E-state index in [1.54, 1.807) is 0 Å². The quantitative estimate of drug-likeness (QED) is 0.288. The van der Waals surface area contributed by atoms with Gasteiger partial charge in [0.15, 0.2) is 0 Å². The molecule has 4 aromatic rings. The minimum Gasteiger partial charge on any atom is -0.368 e. The minimum atomic E-state index is -4.67. The van der Waals surface area contributed by atoms with Crippen LogP contribution in [0, 0.1) is 0 Å². The van der Waals surface area contributed by atoms with Gasteiger partial charge in [0.05, 0.1) is 11.0 Å². The standard InChI is InChI=1S/C29H32Cl2N6.H2O4S/c30-22-2-4-24-26(20-22)32-8-6-28(24)36-16-12-34(13-17-36)10-1-11-35-14-18-37(19-15-35)29-7-9-33-27-21-23(31)3-5-25(27)29;1-5(2,3)4/h2-9,20-21H,1,10-19H2;(H2,1,2,3,4). The molecule has 2 aliphatic rings. The van der Waals surface area contributed by atoms with E-state index >= 15 is 0 Å². The summed E-state index contributed by atoms with van der Waals surface area (Å²) in [5.41, 5.74) is 4.47. The summed E-state index contributed by atoms with van der Waals surface area (Å²) in [5, 5.41) is 3.84. The van der Waals surface area contributed by atoms with Crippen molar-refractivity contribution in [3.63, 3.8) is 0 Å². The van der Waals surface area contributed by atoms with Crippen molar-refractivity contribution in [1.82, 2.24) is 19.8 Å². The maximum Gasteiger partial charge on any atom is 0.394 e. The molecule has 0 amide bonds. The summed E-state index contributed by atoms with van der Waals surface area (Å²) < 4.78 is 31.6. The molecule has 0 atom stereocenters. The Labute approximate surface area is 256 Å². The maximum absolute atomic E-state index is 8.74. The molecule has 2 N–H and O–H groups in total. The van der Waals surface area contributed by atoms with E-state index in [0.717, 1.165) is 86.5 Å². The van der Waals surface area contributed by atoms with Crippen LogP contribution < -0.4 is 9.80 Å². The summed E-state index contributed by atoms with van der Waals surface area (Å²) in [6, 6.07) is 16.3. The van der Waals surface area contributed by atoms with Crippen molar-refractivity contribution in [1.29, 1.82) is 0 Å². The third-order valence-electron chi connectivity index (χ3n) is 7.74. The number of hydrogen-bond acceptors (Lipinski definition) is 8. The second-order valence-electron chi connectivity index (χ2n) is 10.4. The number of anilines is 2. The van der Waals surface area contributed by atoms with Gasteiger partial charge in [-0.2, -0.15) is 8.42 Å². The first-order valence-corrected chi connectivity index (χ1v) is 16.0. The number of hydrogen-bond donors (Lipinski definition) is 2.